The summed E-state index contributed by atoms with van der Waals surface area (Å²) in [6.45, 7) is -13.7. The van der Waals surface area contributed by atoms with Gasteiger partial charge in [-0.25, -0.2) is 26.3 Å². The third-order valence-electron chi connectivity index (χ3n) is 6.88. The van der Waals surface area contributed by atoms with Crippen LogP contribution in [0.25, 0.3) is 0 Å². The third kappa shape index (κ3) is 8.95. The molecule has 61 heavy (non-hydrogen) atoms. The average Bonchev–Trinajstić information content (AvgIpc) is 3.06. The van der Waals surface area contributed by atoms with Gasteiger partial charge in [0.05, 0.1) is 0 Å². The molecular weight excluding hydrogens is 1020 g/mol. The molecule has 0 bridgehead atoms. The summed E-state index contributed by atoms with van der Waals surface area (Å²) in [6, 6.07) is 0. The highest BCUT2D eigenvalue weighted by atomic mass is 31.2. The van der Waals surface area contributed by atoms with Crippen molar-refractivity contribution >= 4 is 8.60 Å². The summed E-state index contributed by atoms with van der Waals surface area (Å²) in [7, 11) is -6.23. The molecule has 0 saturated heterocycles. The highest BCUT2D eigenvalue weighted by Crippen LogP contribution is 2.62. The molecule has 0 aliphatic carbocycles. The first kappa shape index (κ1) is 58.8. The summed E-state index contributed by atoms with van der Waals surface area (Å²) in [4.78, 5) is 0. The maximum absolute atomic E-state index is 14.0. The Hall–Kier alpha value is -2.21. The van der Waals surface area contributed by atoms with Gasteiger partial charge in [0.25, 0.3) is 0 Å². The van der Waals surface area contributed by atoms with Crippen LogP contribution in [-0.4, -0.2) is 128 Å². The predicted molar refractivity (Wildman–Crippen MR) is 117 cm³/mol. The lowest BCUT2D eigenvalue weighted by Crippen LogP contribution is -2.69. The first-order chi connectivity index (χ1) is 26.1. The lowest BCUT2D eigenvalue weighted by molar-refractivity contribution is -0.415. The molecule has 0 rings (SSSR count). The van der Waals surface area contributed by atoms with Crippen molar-refractivity contribution in [1.82, 2.24) is 0 Å². The monoisotopic (exact) mass is 1020 g/mol. The van der Waals surface area contributed by atoms with E-state index in [0.717, 1.165) is 0 Å². The van der Waals surface area contributed by atoms with Gasteiger partial charge in [0.2, 0.25) is 0 Å². The molecule has 3 nitrogen and oxygen atoms in total. The molecule has 0 atom stereocenters. The largest absolute Gasteiger partial charge is 0.384 e. The van der Waals surface area contributed by atoms with Crippen LogP contribution in [0.3, 0.4) is 0 Å². The number of hydrogen-bond donors (Lipinski definition) is 0. The Kier molecular flexibility index (Phi) is 16.1. The fourth-order valence-electron chi connectivity index (χ4n) is 3.10. The maximum Gasteiger partial charge on any atom is 0.384 e. The standard InChI is InChI=1S/C21H9F36O3P/c22-4(23)10(34,35)16(46,47)19(52,53)13(40,41)7(28,29)1-58-61(59-2-8(30,31)14(42,43)20(54,55)17(48,49)11(36,37)5(24)25)60-3-9(32,33)15(44,45)21(56,57)18(50,51)12(38,39)6(26)27/h4-6H,1-3H2. The molecule has 0 aromatic rings. The van der Waals surface area contributed by atoms with E-state index in [1.165, 1.54) is 0 Å². The van der Waals surface area contributed by atoms with E-state index in [-0.39, 0.29) is 0 Å². The Morgan fingerprint density at radius 1 is 0.246 bits per heavy atom. The van der Waals surface area contributed by atoms with Crippen molar-refractivity contribution in [3.8, 4) is 0 Å². The molecule has 0 amide bonds. The predicted octanol–water partition coefficient (Wildman–Crippen LogP) is 12.6. The quantitative estimate of drug-likeness (QED) is 0.0712. The maximum atomic E-state index is 14.0. The van der Waals surface area contributed by atoms with E-state index in [1.807, 2.05) is 0 Å². The zero-order chi connectivity index (χ0) is 50.1. The zero-order valence-electron chi connectivity index (χ0n) is 26.6. The van der Waals surface area contributed by atoms with Crippen LogP contribution in [0.15, 0.2) is 0 Å². The molecule has 0 aliphatic rings. The molecule has 0 aliphatic heterocycles. The Morgan fingerprint density at radius 3 is 0.525 bits per heavy atom. The number of rotatable bonds is 24. The molecule has 0 saturated carbocycles. The van der Waals surface area contributed by atoms with Crippen molar-refractivity contribution in [2.45, 2.75) is 108 Å². The zero-order valence-corrected chi connectivity index (χ0v) is 27.5. The van der Waals surface area contributed by atoms with Crippen LogP contribution in [0.5, 0.6) is 0 Å². The molecule has 0 N–H and O–H groups in total. The van der Waals surface area contributed by atoms with E-state index >= 15 is 0 Å². The topological polar surface area (TPSA) is 27.7 Å². The molecular formula is C21H9F36O3P. The van der Waals surface area contributed by atoms with Crippen LogP contribution in [0, 0.1) is 0 Å². The minimum absolute atomic E-state index is 2.74. The Labute approximate surface area is 309 Å². The number of alkyl halides is 36. The molecule has 0 aromatic carbocycles. The molecule has 368 valence electrons. The van der Waals surface area contributed by atoms with Gasteiger partial charge in [0, 0.05) is 0 Å². The van der Waals surface area contributed by atoms with Gasteiger partial charge in [-0.05, 0) is 0 Å². The lowest BCUT2D eigenvalue weighted by Gasteiger charge is -2.40. The summed E-state index contributed by atoms with van der Waals surface area (Å²) in [5.41, 5.74) is 0. The van der Waals surface area contributed by atoms with Crippen LogP contribution in [-0.2, 0) is 13.6 Å². The van der Waals surface area contributed by atoms with E-state index in [9.17, 15) is 158 Å². The molecule has 0 unspecified atom stereocenters. The first-order valence-corrected chi connectivity index (χ1v) is 14.4. The minimum Gasteiger partial charge on any atom is -0.306 e. The fourth-order valence-corrected chi connectivity index (χ4v) is 4.13. The van der Waals surface area contributed by atoms with Gasteiger partial charge in [-0.2, -0.15) is 132 Å². The van der Waals surface area contributed by atoms with Crippen molar-refractivity contribution in [2.24, 2.45) is 0 Å². The molecule has 0 radical (unpaired) electrons. The van der Waals surface area contributed by atoms with Gasteiger partial charge < -0.3 is 13.6 Å². The SMILES string of the molecule is FC(F)C(F)(F)C(F)(F)C(F)(F)C(F)(F)C(F)(F)COP(OCC(F)(F)C(F)(F)C(F)(F)C(F)(F)C(F)(F)C(F)F)OCC(F)(F)C(F)(F)C(F)(F)C(F)(F)C(F)(F)C(F)F. The van der Waals surface area contributed by atoms with E-state index < -0.39 is 137 Å². The van der Waals surface area contributed by atoms with E-state index in [0.29, 0.717) is 0 Å². The smallest absolute Gasteiger partial charge is 0.306 e. The van der Waals surface area contributed by atoms with E-state index in [4.69, 9.17) is 0 Å². The van der Waals surface area contributed by atoms with Gasteiger partial charge in [-0.15, -0.1) is 0 Å². The lowest BCUT2D eigenvalue weighted by atomic mass is 9.95. The highest BCUT2D eigenvalue weighted by Gasteiger charge is 2.90. The highest BCUT2D eigenvalue weighted by molar-refractivity contribution is 7.41. The minimum atomic E-state index is -8.66. The van der Waals surface area contributed by atoms with E-state index in [2.05, 4.69) is 13.6 Å². The fraction of sp³-hybridized carbons (Fsp3) is 1.00. The molecule has 0 fully saturated rings. The Balaban J connectivity index is 7.34. The van der Waals surface area contributed by atoms with Gasteiger partial charge >= 0.3 is 117 Å². The average molecular weight is 1020 g/mol. The van der Waals surface area contributed by atoms with Crippen LogP contribution in [0.4, 0.5) is 158 Å². The van der Waals surface area contributed by atoms with Crippen LogP contribution < -0.4 is 0 Å². The second-order valence-electron chi connectivity index (χ2n) is 11.1. The summed E-state index contributed by atoms with van der Waals surface area (Å²) in [6.07, 6.45) is -18.6. The van der Waals surface area contributed by atoms with Crippen molar-refractivity contribution in [2.75, 3.05) is 19.8 Å². The van der Waals surface area contributed by atoms with Crippen LogP contribution in [0.1, 0.15) is 0 Å². The van der Waals surface area contributed by atoms with E-state index in [1.54, 1.807) is 0 Å². The molecule has 0 spiro atoms. The summed E-state index contributed by atoms with van der Waals surface area (Å²) >= 11 is 0. The van der Waals surface area contributed by atoms with Crippen LogP contribution >= 0.6 is 8.60 Å². The first-order valence-electron chi connectivity index (χ1n) is 13.3. The summed E-state index contributed by atoms with van der Waals surface area (Å²) in [5, 5.41) is 0. The summed E-state index contributed by atoms with van der Waals surface area (Å²) < 4.78 is 489. The molecule has 0 aromatic heterocycles. The normalized spacial score (nSPS) is 16.5. The van der Waals surface area contributed by atoms with Crippen LogP contribution in [0.2, 0.25) is 0 Å². The third-order valence-corrected chi connectivity index (χ3v) is 7.90. The number of hydrogen-bond acceptors (Lipinski definition) is 3. The Morgan fingerprint density at radius 2 is 0.393 bits per heavy atom. The van der Waals surface area contributed by atoms with Crippen molar-refractivity contribution in [3.63, 3.8) is 0 Å². The van der Waals surface area contributed by atoms with Gasteiger partial charge in [0.1, 0.15) is 19.8 Å². The van der Waals surface area contributed by atoms with Crippen molar-refractivity contribution in [3.05, 3.63) is 0 Å². The molecule has 0 heterocycles. The second kappa shape index (κ2) is 16.7. The molecule has 40 heteroatoms. The number of halogens is 36. The van der Waals surface area contributed by atoms with Gasteiger partial charge in [-0.1, -0.05) is 0 Å². The Bertz CT molecular complexity index is 1300. The van der Waals surface area contributed by atoms with Gasteiger partial charge in [-0.3, -0.25) is 0 Å². The van der Waals surface area contributed by atoms with Crippen molar-refractivity contribution in [1.29, 1.82) is 0 Å². The second-order valence-corrected chi connectivity index (χ2v) is 12.3. The van der Waals surface area contributed by atoms with Crippen molar-refractivity contribution < 1.29 is 172 Å². The summed E-state index contributed by atoms with van der Waals surface area (Å²) in [5.74, 6) is -124. The van der Waals surface area contributed by atoms with Gasteiger partial charge in [0.15, 0.2) is 0 Å².